The maximum Gasteiger partial charge on any atom is 0.255 e. The Morgan fingerprint density at radius 2 is 2.00 bits per heavy atom. The maximum absolute atomic E-state index is 12.2. The van der Waals surface area contributed by atoms with Crippen LogP contribution in [0.1, 0.15) is 27.0 Å². The van der Waals surface area contributed by atoms with Crippen molar-refractivity contribution < 1.29 is 4.79 Å². The summed E-state index contributed by atoms with van der Waals surface area (Å²) in [6.07, 6.45) is 0. The lowest BCUT2D eigenvalue weighted by Gasteiger charge is -2.07. The van der Waals surface area contributed by atoms with Gasteiger partial charge in [0.1, 0.15) is 0 Å². The van der Waals surface area contributed by atoms with Crippen molar-refractivity contribution in [3.63, 3.8) is 0 Å². The molecule has 2 aromatic carbocycles. The minimum Gasteiger partial charge on any atom is -0.322 e. The molecule has 0 radical (unpaired) electrons. The van der Waals surface area contributed by atoms with Crippen LogP contribution in [0, 0.1) is 25.7 Å². The summed E-state index contributed by atoms with van der Waals surface area (Å²) in [4.78, 5) is 12.2. The number of carbonyl (C=O) groups is 1. The molecule has 0 aliphatic heterocycles. The number of rotatable bonds is 2. The highest BCUT2D eigenvalue weighted by molar-refractivity contribution is 6.04. The number of aryl methyl sites for hydroxylation is 2. The predicted molar refractivity (Wildman–Crippen MR) is 86.2 cm³/mol. The molecular weight excluding hydrogens is 260 g/mol. The van der Waals surface area contributed by atoms with Crippen molar-refractivity contribution in [1.29, 1.82) is 0 Å². The number of anilines is 1. The first-order chi connectivity index (χ1) is 10.1. The van der Waals surface area contributed by atoms with Crippen LogP contribution in [0.5, 0.6) is 0 Å². The van der Waals surface area contributed by atoms with Crippen LogP contribution in [0.25, 0.3) is 0 Å². The van der Waals surface area contributed by atoms with Gasteiger partial charge in [0.05, 0.1) is 6.54 Å². The number of hydrogen-bond donors (Lipinski definition) is 2. The van der Waals surface area contributed by atoms with Crippen LogP contribution in [-0.4, -0.2) is 12.5 Å². The predicted octanol–water partition coefficient (Wildman–Crippen LogP) is 2.87. The van der Waals surface area contributed by atoms with Gasteiger partial charge >= 0.3 is 0 Å². The lowest BCUT2D eigenvalue weighted by Crippen LogP contribution is -2.12. The number of benzene rings is 2. The fourth-order valence-electron chi connectivity index (χ4n) is 2.02. The van der Waals surface area contributed by atoms with Gasteiger partial charge < -0.3 is 11.1 Å². The molecule has 0 heterocycles. The van der Waals surface area contributed by atoms with Crippen molar-refractivity contribution in [2.45, 2.75) is 13.8 Å². The highest BCUT2D eigenvalue weighted by Crippen LogP contribution is 2.14. The first-order valence-electron chi connectivity index (χ1n) is 6.78. The summed E-state index contributed by atoms with van der Waals surface area (Å²) in [5.74, 6) is 5.68. The average Bonchev–Trinajstić information content (AvgIpc) is 2.46. The minimum absolute atomic E-state index is 0.123. The Bertz CT molecular complexity index is 723. The van der Waals surface area contributed by atoms with Gasteiger partial charge in [-0.3, -0.25) is 4.79 Å². The topological polar surface area (TPSA) is 55.1 Å². The highest BCUT2D eigenvalue weighted by Gasteiger charge is 2.07. The molecule has 2 rings (SSSR count). The van der Waals surface area contributed by atoms with Crippen LogP contribution < -0.4 is 11.1 Å². The zero-order valence-electron chi connectivity index (χ0n) is 12.2. The van der Waals surface area contributed by atoms with Gasteiger partial charge in [-0.15, -0.1) is 0 Å². The van der Waals surface area contributed by atoms with Crippen LogP contribution in [-0.2, 0) is 0 Å². The molecule has 0 bridgehead atoms. The second-order valence-corrected chi connectivity index (χ2v) is 4.86. The first-order valence-corrected chi connectivity index (χ1v) is 6.78. The van der Waals surface area contributed by atoms with E-state index < -0.39 is 0 Å². The summed E-state index contributed by atoms with van der Waals surface area (Å²) in [6, 6.07) is 13.2. The Balaban J connectivity index is 2.18. The summed E-state index contributed by atoms with van der Waals surface area (Å²) in [5, 5.41) is 2.89. The maximum atomic E-state index is 12.2. The number of nitrogens with two attached hydrogens (primary N) is 1. The summed E-state index contributed by atoms with van der Waals surface area (Å²) in [7, 11) is 0. The monoisotopic (exact) mass is 278 g/mol. The fraction of sp³-hybridized carbons (Fsp3) is 0.167. The molecule has 3 N–H and O–H groups in total. The van der Waals surface area contributed by atoms with Gasteiger partial charge in [0.15, 0.2) is 0 Å². The normalized spacial score (nSPS) is 9.67. The van der Waals surface area contributed by atoms with E-state index in [4.69, 9.17) is 5.73 Å². The summed E-state index contributed by atoms with van der Waals surface area (Å²) in [5.41, 5.74) is 9.75. The first kappa shape index (κ1) is 14.8. The van der Waals surface area contributed by atoms with Gasteiger partial charge in [0.25, 0.3) is 5.91 Å². The summed E-state index contributed by atoms with van der Waals surface area (Å²) < 4.78 is 0. The summed E-state index contributed by atoms with van der Waals surface area (Å²) >= 11 is 0. The lowest BCUT2D eigenvalue weighted by molar-refractivity contribution is 0.102. The molecule has 0 aliphatic carbocycles. The molecule has 0 atom stereocenters. The fourth-order valence-corrected chi connectivity index (χ4v) is 2.02. The van der Waals surface area contributed by atoms with Gasteiger partial charge in [-0.2, -0.15) is 0 Å². The third-order valence-corrected chi connectivity index (χ3v) is 3.09. The second-order valence-electron chi connectivity index (χ2n) is 4.86. The van der Waals surface area contributed by atoms with E-state index in [1.54, 1.807) is 6.07 Å². The van der Waals surface area contributed by atoms with Gasteiger partial charge in [-0.05, 0) is 55.3 Å². The van der Waals surface area contributed by atoms with Crippen LogP contribution in [0.2, 0.25) is 0 Å². The van der Waals surface area contributed by atoms with Gasteiger partial charge in [-0.25, -0.2) is 0 Å². The smallest absolute Gasteiger partial charge is 0.255 e. The lowest BCUT2D eigenvalue weighted by atomic mass is 10.0. The Hall–Kier alpha value is -2.57. The van der Waals surface area contributed by atoms with E-state index in [0.29, 0.717) is 12.1 Å². The zero-order valence-corrected chi connectivity index (χ0v) is 12.2. The van der Waals surface area contributed by atoms with Crippen LogP contribution >= 0.6 is 0 Å². The SMILES string of the molecule is Cc1cccc(NC(=O)c2ccc(C#CCN)c(C)c2)c1. The standard InChI is InChI=1S/C18H18N2O/c1-13-5-3-7-17(11-13)20-18(21)16-9-8-15(6-4-10-19)14(2)12-16/h3,5,7-9,11-12H,10,19H2,1-2H3,(H,20,21). The Labute approximate surface area is 125 Å². The third kappa shape index (κ3) is 3.95. The van der Waals surface area contributed by atoms with E-state index in [-0.39, 0.29) is 5.91 Å². The van der Waals surface area contributed by atoms with Gasteiger partial charge in [0.2, 0.25) is 0 Å². The molecule has 0 spiro atoms. The molecule has 106 valence electrons. The summed E-state index contributed by atoms with van der Waals surface area (Å²) in [6.45, 7) is 4.25. The van der Waals surface area contributed by atoms with Crippen molar-refractivity contribution in [1.82, 2.24) is 0 Å². The molecule has 0 aromatic heterocycles. The molecule has 3 heteroatoms. The van der Waals surface area contributed by atoms with Crippen molar-refractivity contribution in [2.75, 3.05) is 11.9 Å². The Kier molecular flexibility index (Phi) is 4.76. The van der Waals surface area contributed by atoms with E-state index in [1.165, 1.54) is 0 Å². The molecular formula is C18H18N2O. The second kappa shape index (κ2) is 6.74. The van der Waals surface area contributed by atoms with Crippen molar-refractivity contribution in [3.8, 4) is 11.8 Å². The highest BCUT2D eigenvalue weighted by atomic mass is 16.1. The number of amides is 1. The molecule has 0 aliphatic rings. The van der Waals surface area contributed by atoms with E-state index in [0.717, 1.165) is 22.4 Å². The molecule has 21 heavy (non-hydrogen) atoms. The number of carbonyl (C=O) groups excluding carboxylic acids is 1. The van der Waals surface area contributed by atoms with Crippen molar-refractivity contribution in [3.05, 3.63) is 64.7 Å². The molecule has 0 fully saturated rings. The van der Waals surface area contributed by atoms with Crippen LogP contribution in [0.4, 0.5) is 5.69 Å². The zero-order chi connectivity index (χ0) is 15.2. The minimum atomic E-state index is -0.123. The molecule has 1 amide bonds. The largest absolute Gasteiger partial charge is 0.322 e. The molecule has 3 nitrogen and oxygen atoms in total. The Morgan fingerprint density at radius 1 is 1.19 bits per heavy atom. The molecule has 2 aromatic rings. The van der Waals surface area contributed by atoms with Crippen molar-refractivity contribution >= 4 is 11.6 Å². The molecule has 0 saturated heterocycles. The van der Waals surface area contributed by atoms with Gasteiger partial charge in [0, 0.05) is 16.8 Å². The van der Waals surface area contributed by atoms with E-state index in [1.807, 2.05) is 50.2 Å². The third-order valence-electron chi connectivity index (χ3n) is 3.09. The number of hydrogen-bond acceptors (Lipinski definition) is 2. The molecule has 0 unspecified atom stereocenters. The van der Waals surface area contributed by atoms with E-state index in [9.17, 15) is 4.79 Å². The van der Waals surface area contributed by atoms with E-state index >= 15 is 0 Å². The Morgan fingerprint density at radius 3 is 2.67 bits per heavy atom. The van der Waals surface area contributed by atoms with Crippen molar-refractivity contribution in [2.24, 2.45) is 5.73 Å². The average molecular weight is 278 g/mol. The molecule has 0 saturated carbocycles. The number of nitrogens with one attached hydrogen (secondary N) is 1. The van der Waals surface area contributed by atoms with Crippen LogP contribution in [0.15, 0.2) is 42.5 Å². The van der Waals surface area contributed by atoms with Gasteiger partial charge in [-0.1, -0.05) is 24.0 Å². The quantitative estimate of drug-likeness (QED) is 0.830. The van der Waals surface area contributed by atoms with E-state index in [2.05, 4.69) is 17.2 Å². The van der Waals surface area contributed by atoms with Crippen LogP contribution in [0.3, 0.4) is 0 Å².